The molecule has 1 rings (SSSR count). The molecule has 58 heavy (non-hydrogen) atoms. The Hall–Kier alpha value is -2.15. The summed E-state index contributed by atoms with van der Waals surface area (Å²) in [6.45, 7) is 3.31. The van der Waals surface area contributed by atoms with Gasteiger partial charge in [0.05, 0.1) is 31.5 Å². The van der Waals surface area contributed by atoms with Gasteiger partial charge < -0.3 is 35.4 Å². The minimum Gasteiger partial charge on any atom is -0.462 e. The Morgan fingerprint density at radius 3 is 2.03 bits per heavy atom. The number of hydrogen-bond donors (Lipinski definition) is 5. The molecule has 12 nitrogen and oxygen atoms in total. The van der Waals surface area contributed by atoms with Crippen LogP contribution in [-0.4, -0.2) is 82.9 Å². The Bertz CT molecular complexity index is 1210. The average Bonchev–Trinajstić information content (AvgIpc) is 3.47. The number of carbonyl (C=O) groups excluding carboxylic acids is 2. The fraction of sp³-hybridized carbons (Fsp3) is 0.778. The monoisotopic (exact) mass is 842 g/mol. The molecule has 0 saturated heterocycles. The zero-order valence-electron chi connectivity index (χ0n) is 35.8. The predicted octanol–water partition coefficient (Wildman–Crippen LogP) is 9.10. The van der Waals surface area contributed by atoms with E-state index in [0.29, 0.717) is 38.5 Å². The van der Waals surface area contributed by atoms with Crippen molar-refractivity contribution >= 4 is 19.8 Å². The van der Waals surface area contributed by atoms with E-state index < -0.39 is 50.8 Å². The van der Waals surface area contributed by atoms with Gasteiger partial charge in [0, 0.05) is 31.7 Å². The summed E-state index contributed by atoms with van der Waals surface area (Å²) in [5.74, 6) is -1.44. The number of unbranched alkanes of at least 4 members (excludes halogenated alkanes) is 13. The van der Waals surface area contributed by atoms with Crippen molar-refractivity contribution in [3.8, 4) is 0 Å². The number of phosphoric ester groups is 1. The molecule has 1 aliphatic carbocycles. The summed E-state index contributed by atoms with van der Waals surface area (Å²) in [6.07, 6.45) is 33.7. The van der Waals surface area contributed by atoms with E-state index >= 15 is 0 Å². The number of aliphatic hydroxyl groups excluding tert-OH is 3. The number of allylic oxidation sites excluding steroid dienone is 6. The SMILES string of the molecule is CCCCC/C=C\C/C=C\CCCCCCCCCC(=O)O[C@H](COC(=O)CCC/C=C/C[C@@H]1[C@@H](/C=C/[C@@H](O)CCCCC)[C@H](O)C[C@@H]1O)COP(=O)(O)OCCN. The molecule has 0 heterocycles. The van der Waals surface area contributed by atoms with Crippen molar-refractivity contribution < 1.29 is 52.9 Å². The number of aliphatic hydroxyl groups is 3. The molecule has 0 aromatic carbocycles. The quantitative estimate of drug-likeness (QED) is 0.0173. The largest absolute Gasteiger partial charge is 0.472 e. The number of phosphoric acid groups is 1. The molecule has 7 atom stereocenters. The Morgan fingerprint density at radius 2 is 1.34 bits per heavy atom. The normalized spacial score (nSPS) is 20.7. The van der Waals surface area contributed by atoms with Crippen molar-refractivity contribution in [2.24, 2.45) is 17.6 Å². The third-order valence-electron chi connectivity index (χ3n) is 10.3. The van der Waals surface area contributed by atoms with Gasteiger partial charge in [-0.15, -0.1) is 0 Å². The lowest BCUT2D eigenvalue weighted by molar-refractivity contribution is -0.161. The second-order valence-corrected chi connectivity index (χ2v) is 17.0. The minimum absolute atomic E-state index is 0.0155. The highest BCUT2D eigenvalue weighted by Gasteiger charge is 2.39. The molecule has 0 aromatic rings. The van der Waals surface area contributed by atoms with Crippen LogP contribution in [0, 0.1) is 11.8 Å². The number of rotatable bonds is 37. The van der Waals surface area contributed by atoms with Crippen LogP contribution < -0.4 is 5.73 Å². The molecule has 0 bridgehead atoms. The summed E-state index contributed by atoms with van der Waals surface area (Å²) in [6, 6.07) is 0. The Balaban J connectivity index is 2.40. The van der Waals surface area contributed by atoms with Crippen molar-refractivity contribution in [3.63, 3.8) is 0 Å². The number of esters is 2. The summed E-state index contributed by atoms with van der Waals surface area (Å²) in [5, 5.41) is 31.3. The van der Waals surface area contributed by atoms with Crippen molar-refractivity contribution in [3.05, 3.63) is 48.6 Å². The third-order valence-corrected chi connectivity index (χ3v) is 11.2. The first-order valence-electron chi connectivity index (χ1n) is 22.4. The highest BCUT2D eigenvalue weighted by molar-refractivity contribution is 7.47. The van der Waals surface area contributed by atoms with Crippen LogP contribution in [0.15, 0.2) is 48.6 Å². The van der Waals surface area contributed by atoms with Crippen molar-refractivity contribution in [2.75, 3.05) is 26.4 Å². The van der Waals surface area contributed by atoms with Crippen LogP contribution in [0.5, 0.6) is 0 Å². The van der Waals surface area contributed by atoms with E-state index in [1.54, 1.807) is 6.08 Å². The Morgan fingerprint density at radius 1 is 0.741 bits per heavy atom. The van der Waals surface area contributed by atoms with Gasteiger partial charge in [0.15, 0.2) is 6.10 Å². The van der Waals surface area contributed by atoms with E-state index in [9.17, 15) is 34.4 Å². The van der Waals surface area contributed by atoms with Crippen LogP contribution in [0.3, 0.4) is 0 Å². The molecular weight excluding hydrogens is 761 g/mol. The molecule has 1 saturated carbocycles. The van der Waals surface area contributed by atoms with Crippen molar-refractivity contribution in [1.82, 2.24) is 0 Å². The molecule has 1 fully saturated rings. The molecule has 336 valence electrons. The highest BCUT2D eigenvalue weighted by Crippen LogP contribution is 2.43. The maximum Gasteiger partial charge on any atom is 0.472 e. The first-order valence-corrected chi connectivity index (χ1v) is 23.9. The Kier molecular flexibility index (Phi) is 33.1. The van der Waals surface area contributed by atoms with Gasteiger partial charge >= 0.3 is 19.8 Å². The first-order chi connectivity index (χ1) is 28.0. The van der Waals surface area contributed by atoms with Gasteiger partial charge in [-0.2, -0.15) is 0 Å². The van der Waals surface area contributed by atoms with Gasteiger partial charge in [-0.05, 0) is 70.1 Å². The van der Waals surface area contributed by atoms with E-state index in [-0.39, 0.29) is 44.4 Å². The van der Waals surface area contributed by atoms with Gasteiger partial charge in [0.1, 0.15) is 6.61 Å². The fourth-order valence-electron chi connectivity index (χ4n) is 6.83. The van der Waals surface area contributed by atoms with Gasteiger partial charge in [0.25, 0.3) is 0 Å². The summed E-state index contributed by atoms with van der Waals surface area (Å²) in [4.78, 5) is 35.1. The number of carbonyl (C=O) groups is 2. The first kappa shape index (κ1) is 53.9. The topological polar surface area (TPSA) is 195 Å². The lowest BCUT2D eigenvalue weighted by Gasteiger charge is -2.20. The van der Waals surface area contributed by atoms with E-state index in [4.69, 9.17) is 24.3 Å². The zero-order valence-corrected chi connectivity index (χ0v) is 36.7. The molecule has 1 aliphatic rings. The van der Waals surface area contributed by atoms with Crippen LogP contribution >= 0.6 is 7.82 Å². The maximum absolute atomic E-state index is 12.6. The second-order valence-electron chi connectivity index (χ2n) is 15.5. The average molecular weight is 842 g/mol. The smallest absolute Gasteiger partial charge is 0.462 e. The molecule has 0 amide bonds. The molecule has 0 spiro atoms. The van der Waals surface area contributed by atoms with Crippen molar-refractivity contribution in [1.29, 1.82) is 0 Å². The van der Waals surface area contributed by atoms with E-state index in [2.05, 4.69) is 38.2 Å². The van der Waals surface area contributed by atoms with Gasteiger partial charge in [-0.25, -0.2) is 4.57 Å². The van der Waals surface area contributed by atoms with E-state index in [0.717, 1.165) is 57.8 Å². The second kappa shape index (κ2) is 35.6. The molecule has 0 aliphatic heterocycles. The van der Waals surface area contributed by atoms with E-state index in [1.807, 2.05) is 18.2 Å². The van der Waals surface area contributed by atoms with Crippen LogP contribution in [0.25, 0.3) is 0 Å². The minimum atomic E-state index is -4.44. The number of ether oxygens (including phenoxy) is 2. The molecule has 6 N–H and O–H groups in total. The molecule has 13 heteroatoms. The summed E-state index contributed by atoms with van der Waals surface area (Å²) in [5.41, 5.74) is 5.34. The van der Waals surface area contributed by atoms with Gasteiger partial charge in [-0.3, -0.25) is 18.6 Å². The van der Waals surface area contributed by atoms with E-state index in [1.165, 1.54) is 38.5 Å². The molecule has 0 aromatic heterocycles. The van der Waals surface area contributed by atoms with Crippen molar-refractivity contribution in [2.45, 2.75) is 186 Å². The Labute approximate surface area is 350 Å². The lowest BCUT2D eigenvalue weighted by atomic mass is 9.89. The predicted molar refractivity (Wildman–Crippen MR) is 231 cm³/mol. The standard InChI is InChI=1S/C45H80NO11P/c1-3-5-7-8-9-10-11-12-13-14-15-16-17-18-19-20-26-30-45(51)57-39(37-56-58(52,53)55-34-33-46)36-54-44(50)29-25-22-21-24-28-40-41(43(49)35-42(40)48)32-31-38(47)27-23-6-4-2/h9-10,12-13,21,24,31-32,38-43,47-49H,3-8,11,14-20,22-23,25-30,33-37,46H2,1-2H3,(H,52,53)/b10-9-,13-12-,24-21+,32-31+/t38-,39+,40+,41+,42-,43+/m0/s1. The molecular formula is C45H80NO11P. The summed E-state index contributed by atoms with van der Waals surface area (Å²) < 4.78 is 32.8. The summed E-state index contributed by atoms with van der Waals surface area (Å²) >= 11 is 0. The number of hydrogen-bond acceptors (Lipinski definition) is 11. The van der Waals surface area contributed by atoms with Crippen LogP contribution in [0.2, 0.25) is 0 Å². The summed E-state index contributed by atoms with van der Waals surface area (Å²) in [7, 11) is -4.44. The highest BCUT2D eigenvalue weighted by atomic mass is 31.2. The van der Waals surface area contributed by atoms with Crippen LogP contribution in [0.1, 0.15) is 162 Å². The van der Waals surface area contributed by atoms with Gasteiger partial charge in [0.2, 0.25) is 0 Å². The lowest BCUT2D eigenvalue weighted by Crippen LogP contribution is -2.29. The van der Waals surface area contributed by atoms with Crippen LogP contribution in [-0.2, 0) is 32.7 Å². The van der Waals surface area contributed by atoms with Crippen LogP contribution in [0.4, 0.5) is 0 Å². The zero-order chi connectivity index (χ0) is 42.7. The van der Waals surface area contributed by atoms with Gasteiger partial charge in [-0.1, -0.05) is 127 Å². The third kappa shape index (κ3) is 29.1. The molecule has 1 unspecified atom stereocenters. The maximum atomic E-state index is 12.6. The number of nitrogens with two attached hydrogens (primary N) is 1. The molecule has 0 radical (unpaired) electrons. The fourth-order valence-corrected chi connectivity index (χ4v) is 7.60.